The van der Waals surface area contributed by atoms with Crippen LogP contribution >= 0.6 is 0 Å². The molecule has 1 aromatic heterocycles. The number of aromatic nitrogens is 2. The second kappa shape index (κ2) is 6.40. The lowest BCUT2D eigenvalue weighted by molar-refractivity contribution is 0.176. The van der Waals surface area contributed by atoms with Crippen molar-refractivity contribution in [3.05, 3.63) is 27.9 Å². The lowest BCUT2D eigenvalue weighted by Crippen LogP contribution is -2.53. The number of aryl methyl sites for hydroxylation is 1. The summed E-state index contributed by atoms with van der Waals surface area (Å²) >= 11 is 0. The van der Waals surface area contributed by atoms with Gasteiger partial charge in [0.1, 0.15) is 5.82 Å². The SMILES string of the molecule is CCC1(CC)CN([C@H](C)c2nc(C)cc(=O)[nH]2)CC[S@]1=O. The van der Waals surface area contributed by atoms with E-state index in [1.165, 1.54) is 6.07 Å². The maximum absolute atomic E-state index is 12.4. The number of aromatic amines is 1. The molecule has 1 aromatic rings. The summed E-state index contributed by atoms with van der Waals surface area (Å²) in [6, 6.07) is 1.54. The largest absolute Gasteiger partial charge is 0.309 e. The van der Waals surface area contributed by atoms with Crippen LogP contribution in [0.25, 0.3) is 0 Å². The summed E-state index contributed by atoms with van der Waals surface area (Å²) in [4.78, 5) is 21.2. The standard InChI is InChI=1S/C15H25N3O2S/c1-5-15(6-2)10-18(7-8-21(15)20)12(4)14-16-11(3)9-13(19)17-14/h9,12H,5-8,10H2,1-4H3,(H,16,17,19)/t12-,21-/m1/s1. The molecule has 5 nitrogen and oxygen atoms in total. The van der Waals surface area contributed by atoms with Gasteiger partial charge in [0.25, 0.3) is 5.56 Å². The number of nitrogens with zero attached hydrogens (tertiary/aromatic N) is 2. The highest BCUT2D eigenvalue weighted by Crippen LogP contribution is 2.32. The van der Waals surface area contributed by atoms with Gasteiger partial charge in [-0.1, -0.05) is 13.8 Å². The first-order chi connectivity index (χ1) is 9.91. The van der Waals surface area contributed by atoms with Crippen molar-refractivity contribution in [2.45, 2.75) is 51.3 Å². The molecule has 2 atom stereocenters. The van der Waals surface area contributed by atoms with E-state index in [1.807, 2.05) is 6.92 Å². The van der Waals surface area contributed by atoms with Crippen LogP contribution in [0.15, 0.2) is 10.9 Å². The summed E-state index contributed by atoms with van der Waals surface area (Å²) in [6.45, 7) is 9.70. The van der Waals surface area contributed by atoms with Crippen molar-refractivity contribution in [3.63, 3.8) is 0 Å². The van der Waals surface area contributed by atoms with E-state index in [2.05, 4.69) is 35.6 Å². The van der Waals surface area contributed by atoms with E-state index in [-0.39, 0.29) is 16.3 Å². The number of rotatable bonds is 4. The summed E-state index contributed by atoms with van der Waals surface area (Å²) < 4.78 is 12.3. The van der Waals surface area contributed by atoms with Crippen molar-refractivity contribution in [1.82, 2.24) is 14.9 Å². The van der Waals surface area contributed by atoms with E-state index in [4.69, 9.17) is 0 Å². The van der Waals surface area contributed by atoms with Gasteiger partial charge in [0.05, 0.1) is 10.8 Å². The molecule has 21 heavy (non-hydrogen) atoms. The van der Waals surface area contributed by atoms with Gasteiger partial charge in [0.15, 0.2) is 0 Å². The van der Waals surface area contributed by atoms with Gasteiger partial charge >= 0.3 is 0 Å². The van der Waals surface area contributed by atoms with E-state index < -0.39 is 10.8 Å². The molecule has 0 bridgehead atoms. The fourth-order valence-electron chi connectivity index (χ4n) is 3.04. The van der Waals surface area contributed by atoms with Gasteiger partial charge < -0.3 is 4.98 Å². The van der Waals surface area contributed by atoms with Gasteiger partial charge in [0.2, 0.25) is 0 Å². The van der Waals surface area contributed by atoms with Gasteiger partial charge in [-0.25, -0.2) is 4.98 Å². The van der Waals surface area contributed by atoms with Crippen molar-refractivity contribution in [3.8, 4) is 0 Å². The molecule has 2 heterocycles. The summed E-state index contributed by atoms with van der Waals surface area (Å²) in [7, 11) is -0.773. The van der Waals surface area contributed by atoms with Crippen molar-refractivity contribution in [2.75, 3.05) is 18.8 Å². The minimum absolute atomic E-state index is 0.0346. The zero-order chi connectivity index (χ0) is 15.6. The number of nitrogens with one attached hydrogen (secondary N) is 1. The van der Waals surface area contributed by atoms with Gasteiger partial charge in [-0.15, -0.1) is 0 Å². The first kappa shape index (κ1) is 16.4. The van der Waals surface area contributed by atoms with Crippen LogP contribution in [0.4, 0.5) is 0 Å². The predicted molar refractivity (Wildman–Crippen MR) is 85.9 cm³/mol. The third kappa shape index (κ3) is 3.26. The lowest BCUT2D eigenvalue weighted by Gasteiger charge is -2.43. The van der Waals surface area contributed by atoms with Crippen LogP contribution in [0.3, 0.4) is 0 Å². The minimum Gasteiger partial charge on any atom is -0.309 e. The molecule has 0 radical (unpaired) electrons. The predicted octanol–water partition coefficient (Wildman–Crippen LogP) is 1.76. The zero-order valence-electron chi connectivity index (χ0n) is 13.3. The summed E-state index contributed by atoms with van der Waals surface area (Å²) in [5.74, 6) is 1.40. The van der Waals surface area contributed by atoms with Gasteiger partial charge in [-0.2, -0.15) is 0 Å². The smallest absolute Gasteiger partial charge is 0.251 e. The zero-order valence-corrected chi connectivity index (χ0v) is 14.1. The second-order valence-corrected chi connectivity index (χ2v) is 7.82. The molecule has 1 saturated heterocycles. The van der Waals surface area contributed by atoms with Crippen molar-refractivity contribution in [1.29, 1.82) is 0 Å². The Morgan fingerprint density at radius 1 is 1.48 bits per heavy atom. The fourth-order valence-corrected chi connectivity index (χ4v) is 4.82. The van der Waals surface area contributed by atoms with Crippen LogP contribution in [0, 0.1) is 6.92 Å². The molecule has 0 aromatic carbocycles. The highest BCUT2D eigenvalue weighted by atomic mass is 32.2. The summed E-state index contributed by atoms with van der Waals surface area (Å²) in [6.07, 6.45) is 1.83. The van der Waals surface area contributed by atoms with Crippen LogP contribution in [0.2, 0.25) is 0 Å². The Balaban J connectivity index is 2.25. The van der Waals surface area contributed by atoms with Crippen LogP contribution in [-0.4, -0.2) is 42.7 Å². The number of H-pyrrole nitrogens is 1. The summed E-state index contributed by atoms with van der Waals surface area (Å²) in [5.41, 5.74) is 0.626. The van der Waals surface area contributed by atoms with Gasteiger partial charge in [0, 0.05) is 41.4 Å². The Bertz CT molecular complexity index is 581. The molecule has 2 rings (SSSR count). The third-order valence-corrected chi connectivity index (χ3v) is 6.88. The van der Waals surface area contributed by atoms with Crippen molar-refractivity contribution in [2.24, 2.45) is 0 Å². The maximum Gasteiger partial charge on any atom is 0.251 e. The van der Waals surface area contributed by atoms with Gasteiger partial charge in [-0.05, 0) is 26.7 Å². The van der Waals surface area contributed by atoms with E-state index in [9.17, 15) is 9.00 Å². The van der Waals surface area contributed by atoms with Crippen molar-refractivity contribution >= 4 is 10.8 Å². The highest BCUT2D eigenvalue weighted by Gasteiger charge is 2.40. The average Bonchev–Trinajstić information content (AvgIpc) is 2.46. The normalized spacial score (nSPS) is 23.9. The summed E-state index contributed by atoms with van der Waals surface area (Å²) in [5, 5.41) is 0. The molecule has 1 aliphatic rings. The molecular formula is C15H25N3O2S. The average molecular weight is 311 g/mol. The Labute approximate surface area is 128 Å². The van der Waals surface area contributed by atoms with E-state index in [1.54, 1.807) is 0 Å². The second-order valence-electron chi connectivity index (χ2n) is 5.86. The first-order valence-corrected chi connectivity index (χ1v) is 8.94. The molecule has 0 saturated carbocycles. The maximum atomic E-state index is 12.4. The molecule has 0 unspecified atom stereocenters. The van der Waals surface area contributed by atoms with Crippen LogP contribution in [0.5, 0.6) is 0 Å². The fraction of sp³-hybridized carbons (Fsp3) is 0.733. The Hall–Kier alpha value is -1.01. The Morgan fingerprint density at radius 3 is 2.71 bits per heavy atom. The number of hydrogen-bond acceptors (Lipinski definition) is 4. The van der Waals surface area contributed by atoms with Crippen LogP contribution in [0.1, 0.15) is 51.2 Å². The van der Waals surface area contributed by atoms with E-state index in [0.29, 0.717) is 11.6 Å². The quantitative estimate of drug-likeness (QED) is 0.920. The molecule has 1 fully saturated rings. The van der Waals surface area contributed by atoms with Crippen LogP contribution < -0.4 is 5.56 Å². The molecule has 1 N–H and O–H groups in total. The van der Waals surface area contributed by atoms with Crippen LogP contribution in [-0.2, 0) is 10.8 Å². The van der Waals surface area contributed by atoms with Gasteiger partial charge in [-0.3, -0.25) is 13.9 Å². The Kier molecular flexibility index (Phi) is 4.99. The molecule has 0 spiro atoms. The monoisotopic (exact) mass is 311 g/mol. The molecule has 118 valence electrons. The highest BCUT2D eigenvalue weighted by molar-refractivity contribution is 7.86. The minimum atomic E-state index is -0.773. The third-order valence-electron chi connectivity index (χ3n) is 4.66. The lowest BCUT2D eigenvalue weighted by atomic mass is 10.00. The molecular weight excluding hydrogens is 286 g/mol. The molecule has 6 heteroatoms. The van der Waals surface area contributed by atoms with E-state index >= 15 is 0 Å². The van der Waals surface area contributed by atoms with Crippen molar-refractivity contribution < 1.29 is 4.21 Å². The Morgan fingerprint density at radius 2 is 2.14 bits per heavy atom. The molecule has 0 aliphatic carbocycles. The first-order valence-electron chi connectivity index (χ1n) is 7.62. The number of hydrogen-bond donors (Lipinski definition) is 1. The van der Waals surface area contributed by atoms with E-state index in [0.717, 1.165) is 31.6 Å². The topological polar surface area (TPSA) is 66.1 Å². The molecule has 0 amide bonds. The molecule has 1 aliphatic heterocycles.